The molecule has 4 rings (SSSR count). The van der Waals surface area contributed by atoms with E-state index in [0.717, 1.165) is 40.6 Å². The van der Waals surface area contributed by atoms with Gasteiger partial charge in [0.25, 0.3) is 0 Å². The van der Waals surface area contributed by atoms with Gasteiger partial charge in [-0.2, -0.15) is 0 Å². The Morgan fingerprint density at radius 1 is 1.19 bits per heavy atom. The van der Waals surface area contributed by atoms with Crippen molar-refractivity contribution in [2.24, 2.45) is 0 Å². The van der Waals surface area contributed by atoms with Gasteiger partial charge in [0.1, 0.15) is 15.7 Å². The zero-order valence-electron chi connectivity index (χ0n) is 15.7. The number of amides is 1. The van der Waals surface area contributed by atoms with E-state index in [2.05, 4.69) is 6.92 Å². The zero-order valence-corrected chi connectivity index (χ0v) is 17.3. The van der Waals surface area contributed by atoms with E-state index in [9.17, 15) is 4.79 Å². The van der Waals surface area contributed by atoms with E-state index < -0.39 is 0 Å². The molecule has 0 saturated heterocycles. The maximum Gasteiger partial charge on any atom is 0.237 e. The predicted molar refractivity (Wildman–Crippen MR) is 114 cm³/mol. The largest absolute Gasteiger partial charge is 0.315 e. The summed E-state index contributed by atoms with van der Waals surface area (Å²) >= 11 is 3.37. The summed E-state index contributed by atoms with van der Waals surface area (Å²) in [6.45, 7) is 2.08. The van der Waals surface area contributed by atoms with Crippen LogP contribution in [0.5, 0.6) is 0 Å². The molecule has 3 aromatic rings. The Labute approximate surface area is 168 Å². The van der Waals surface area contributed by atoms with Crippen LogP contribution in [0.25, 0.3) is 10.2 Å². The van der Waals surface area contributed by atoms with Gasteiger partial charge in [-0.05, 0) is 43.4 Å². The van der Waals surface area contributed by atoms with Gasteiger partial charge in [-0.1, -0.05) is 36.9 Å². The number of fused-ring (bicyclic) bond motifs is 3. The molecule has 27 heavy (non-hydrogen) atoms. The number of benzene rings is 1. The number of nitrogens with zero attached hydrogens (tertiary/aromatic N) is 3. The van der Waals surface area contributed by atoms with Gasteiger partial charge in [0.15, 0.2) is 0 Å². The van der Waals surface area contributed by atoms with Crippen LogP contribution < -0.4 is 4.90 Å². The standard InChI is InChI=1S/C21H23N3OS2/c1-3-17-22-20(19-15-11-7-8-12-16(15)27-21(19)23-17)26-13-18(25)24(2)14-9-5-4-6-10-14/h4-6,9-10H,3,7-8,11-13H2,1-2H3. The third-order valence-corrected chi connectivity index (χ3v) is 7.14. The van der Waals surface area contributed by atoms with Gasteiger partial charge in [-0.3, -0.25) is 4.79 Å². The van der Waals surface area contributed by atoms with E-state index in [1.165, 1.54) is 28.7 Å². The maximum absolute atomic E-state index is 12.7. The molecule has 0 unspecified atom stereocenters. The highest BCUT2D eigenvalue weighted by molar-refractivity contribution is 8.00. The smallest absolute Gasteiger partial charge is 0.237 e. The summed E-state index contributed by atoms with van der Waals surface area (Å²) in [5, 5.41) is 2.18. The Hall–Kier alpha value is -1.92. The Balaban J connectivity index is 1.61. The molecule has 140 valence electrons. The average molecular weight is 398 g/mol. The van der Waals surface area contributed by atoms with Gasteiger partial charge in [-0.25, -0.2) is 9.97 Å². The molecule has 2 aromatic heterocycles. The lowest BCUT2D eigenvalue weighted by atomic mass is 9.97. The molecular weight excluding hydrogens is 374 g/mol. The van der Waals surface area contributed by atoms with Crippen LogP contribution in [0.1, 0.15) is 36.0 Å². The minimum atomic E-state index is 0.0834. The molecule has 4 nitrogen and oxygen atoms in total. The highest BCUT2D eigenvalue weighted by atomic mass is 32.2. The van der Waals surface area contributed by atoms with E-state index in [-0.39, 0.29) is 5.91 Å². The Bertz CT molecular complexity index is 968. The highest BCUT2D eigenvalue weighted by Gasteiger charge is 2.22. The van der Waals surface area contributed by atoms with Gasteiger partial charge in [-0.15, -0.1) is 11.3 Å². The molecule has 1 aromatic carbocycles. The Kier molecular flexibility index (Phi) is 5.45. The molecule has 1 aliphatic carbocycles. The summed E-state index contributed by atoms with van der Waals surface area (Å²) in [6.07, 6.45) is 5.56. The second-order valence-electron chi connectivity index (χ2n) is 6.77. The molecule has 0 atom stereocenters. The maximum atomic E-state index is 12.7. The lowest BCUT2D eigenvalue weighted by molar-refractivity contribution is -0.115. The second-order valence-corrected chi connectivity index (χ2v) is 8.81. The van der Waals surface area contributed by atoms with E-state index >= 15 is 0 Å². The normalized spacial score (nSPS) is 13.6. The van der Waals surface area contributed by atoms with Crippen LogP contribution in [0, 0.1) is 0 Å². The molecule has 1 aliphatic rings. The first-order chi connectivity index (χ1) is 13.2. The van der Waals surface area contributed by atoms with E-state index in [0.29, 0.717) is 5.75 Å². The molecule has 2 heterocycles. The molecule has 0 N–H and O–H groups in total. The van der Waals surface area contributed by atoms with Crippen LogP contribution in [0.15, 0.2) is 35.4 Å². The minimum absolute atomic E-state index is 0.0834. The number of aryl methyl sites for hydroxylation is 3. The monoisotopic (exact) mass is 397 g/mol. The Morgan fingerprint density at radius 3 is 2.74 bits per heavy atom. The number of para-hydroxylation sites is 1. The molecular formula is C21H23N3OS2. The van der Waals surface area contributed by atoms with Crippen molar-refractivity contribution >= 4 is 44.9 Å². The van der Waals surface area contributed by atoms with Crippen LogP contribution in [0.4, 0.5) is 5.69 Å². The summed E-state index contributed by atoms with van der Waals surface area (Å²) in [4.78, 5) is 26.5. The van der Waals surface area contributed by atoms with Crippen molar-refractivity contribution in [1.29, 1.82) is 0 Å². The molecule has 0 fully saturated rings. The third kappa shape index (κ3) is 3.73. The molecule has 0 aliphatic heterocycles. The fourth-order valence-electron chi connectivity index (χ4n) is 3.45. The van der Waals surface area contributed by atoms with Crippen molar-refractivity contribution in [2.75, 3.05) is 17.7 Å². The van der Waals surface area contributed by atoms with Crippen LogP contribution in [0.3, 0.4) is 0 Å². The fourth-order valence-corrected chi connectivity index (χ4v) is 5.78. The van der Waals surface area contributed by atoms with E-state index in [1.54, 1.807) is 16.7 Å². The first-order valence-electron chi connectivity index (χ1n) is 9.43. The number of hydrogen-bond donors (Lipinski definition) is 0. The second kappa shape index (κ2) is 7.98. The third-order valence-electron chi connectivity index (χ3n) is 4.99. The van der Waals surface area contributed by atoms with Crippen molar-refractivity contribution in [2.45, 2.75) is 44.1 Å². The van der Waals surface area contributed by atoms with Crippen LogP contribution >= 0.6 is 23.1 Å². The lowest BCUT2D eigenvalue weighted by Crippen LogP contribution is -2.27. The summed E-state index contributed by atoms with van der Waals surface area (Å²) in [5.74, 6) is 1.33. The Morgan fingerprint density at radius 2 is 1.96 bits per heavy atom. The van der Waals surface area contributed by atoms with Crippen molar-refractivity contribution in [3.05, 3.63) is 46.6 Å². The van der Waals surface area contributed by atoms with E-state index in [1.807, 2.05) is 48.7 Å². The molecule has 0 radical (unpaired) electrons. The predicted octanol–water partition coefficient (Wildman–Crippen LogP) is 4.89. The van der Waals surface area contributed by atoms with Gasteiger partial charge in [0, 0.05) is 29.4 Å². The number of rotatable bonds is 5. The lowest BCUT2D eigenvalue weighted by Gasteiger charge is -2.17. The number of anilines is 1. The number of aromatic nitrogens is 2. The van der Waals surface area contributed by atoms with Crippen molar-refractivity contribution in [3.63, 3.8) is 0 Å². The number of carbonyl (C=O) groups excluding carboxylic acids is 1. The number of carbonyl (C=O) groups is 1. The molecule has 0 saturated carbocycles. The average Bonchev–Trinajstić information content (AvgIpc) is 3.10. The van der Waals surface area contributed by atoms with Gasteiger partial charge >= 0.3 is 0 Å². The van der Waals surface area contributed by atoms with Gasteiger partial charge < -0.3 is 4.90 Å². The van der Waals surface area contributed by atoms with Crippen LogP contribution in [-0.2, 0) is 24.1 Å². The number of hydrogen-bond acceptors (Lipinski definition) is 5. The first kappa shape index (κ1) is 18.4. The first-order valence-corrected chi connectivity index (χ1v) is 11.2. The van der Waals surface area contributed by atoms with Gasteiger partial charge in [0.2, 0.25) is 5.91 Å². The van der Waals surface area contributed by atoms with Crippen molar-refractivity contribution in [1.82, 2.24) is 9.97 Å². The topological polar surface area (TPSA) is 46.1 Å². The van der Waals surface area contributed by atoms with Crippen LogP contribution in [-0.4, -0.2) is 28.7 Å². The van der Waals surface area contributed by atoms with Gasteiger partial charge in [0.05, 0.1) is 5.75 Å². The molecule has 6 heteroatoms. The van der Waals surface area contributed by atoms with E-state index in [4.69, 9.17) is 9.97 Å². The summed E-state index contributed by atoms with van der Waals surface area (Å²) < 4.78 is 0. The molecule has 1 amide bonds. The number of thioether (sulfide) groups is 1. The fraction of sp³-hybridized carbons (Fsp3) is 0.381. The zero-order chi connectivity index (χ0) is 18.8. The minimum Gasteiger partial charge on any atom is -0.315 e. The summed E-state index contributed by atoms with van der Waals surface area (Å²) in [5.41, 5.74) is 2.34. The summed E-state index contributed by atoms with van der Waals surface area (Å²) in [6, 6.07) is 9.77. The van der Waals surface area contributed by atoms with Crippen molar-refractivity contribution in [3.8, 4) is 0 Å². The molecule has 0 spiro atoms. The van der Waals surface area contributed by atoms with Crippen molar-refractivity contribution < 1.29 is 4.79 Å². The quantitative estimate of drug-likeness (QED) is 0.454. The van der Waals surface area contributed by atoms with Crippen LogP contribution in [0.2, 0.25) is 0 Å². The SMILES string of the molecule is CCc1nc(SCC(=O)N(C)c2ccccc2)c2c3c(sc2n1)CCCC3. The number of thiophene rings is 1. The molecule has 0 bridgehead atoms. The highest BCUT2D eigenvalue weighted by Crippen LogP contribution is 2.39. The summed E-state index contributed by atoms with van der Waals surface area (Å²) in [7, 11) is 1.83.